The Hall–Kier alpha value is -2.96. The summed E-state index contributed by atoms with van der Waals surface area (Å²) in [7, 11) is 0. The standard InChI is InChI=1S/C20H24N4O3/c1-13(2)23-20-21-10-17(11-22-20)18(25)24-8-4-7-16(12-24)14-5-3-6-15(9-14)19(26)27/h3,5-6,9-11,13,16H,4,7-8,12H2,1-2H3,(H,26,27)(H,21,22,23)/t16-/m1/s1. The van der Waals surface area contributed by atoms with Crippen molar-refractivity contribution in [2.45, 2.75) is 38.6 Å². The van der Waals surface area contributed by atoms with Crippen molar-refractivity contribution >= 4 is 17.8 Å². The number of nitrogens with one attached hydrogen (secondary N) is 1. The maximum absolute atomic E-state index is 12.8. The Kier molecular flexibility index (Phi) is 5.69. The first-order valence-corrected chi connectivity index (χ1v) is 9.15. The van der Waals surface area contributed by atoms with E-state index in [1.807, 2.05) is 19.9 Å². The average molecular weight is 368 g/mol. The third kappa shape index (κ3) is 4.61. The maximum atomic E-state index is 12.8. The Morgan fingerprint density at radius 3 is 2.63 bits per heavy atom. The van der Waals surface area contributed by atoms with Gasteiger partial charge in [-0.1, -0.05) is 12.1 Å². The number of piperidine rings is 1. The highest BCUT2D eigenvalue weighted by Crippen LogP contribution is 2.28. The molecule has 1 saturated heterocycles. The van der Waals surface area contributed by atoms with Crippen LogP contribution >= 0.6 is 0 Å². The molecule has 2 heterocycles. The van der Waals surface area contributed by atoms with Gasteiger partial charge in [-0.2, -0.15) is 0 Å². The van der Waals surface area contributed by atoms with Gasteiger partial charge in [0.15, 0.2) is 0 Å². The largest absolute Gasteiger partial charge is 0.478 e. The number of carbonyl (C=O) groups is 2. The molecule has 2 aromatic rings. The lowest BCUT2D eigenvalue weighted by molar-refractivity contribution is 0.0687. The SMILES string of the molecule is CC(C)Nc1ncc(C(=O)N2CCC[C@@H](c3cccc(C(=O)O)c3)C2)cn1. The van der Waals surface area contributed by atoms with E-state index in [4.69, 9.17) is 0 Å². The molecular weight excluding hydrogens is 344 g/mol. The summed E-state index contributed by atoms with van der Waals surface area (Å²) in [5, 5.41) is 12.3. The van der Waals surface area contributed by atoms with Gasteiger partial charge in [0, 0.05) is 37.4 Å². The monoisotopic (exact) mass is 368 g/mol. The lowest BCUT2D eigenvalue weighted by Crippen LogP contribution is -2.39. The van der Waals surface area contributed by atoms with Crippen LogP contribution in [0.1, 0.15) is 58.9 Å². The molecule has 0 spiro atoms. The molecule has 0 radical (unpaired) electrons. The molecule has 0 aliphatic carbocycles. The second-order valence-electron chi connectivity index (χ2n) is 7.12. The lowest BCUT2D eigenvalue weighted by Gasteiger charge is -2.33. The van der Waals surface area contributed by atoms with Crippen LogP contribution < -0.4 is 5.32 Å². The molecule has 2 N–H and O–H groups in total. The van der Waals surface area contributed by atoms with Crippen LogP contribution in [0.5, 0.6) is 0 Å². The summed E-state index contributed by atoms with van der Waals surface area (Å²) in [6.45, 7) is 5.24. The van der Waals surface area contributed by atoms with Crippen molar-refractivity contribution in [3.63, 3.8) is 0 Å². The first kappa shape index (κ1) is 18.8. The number of hydrogen-bond donors (Lipinski definition) is 2. The molecule has 0 bridgehead atoms. The molecule has 1 aliphatic heterocycles. The highest BCUT2D eigenvalue weighted by molar-refractivity contribution is 5.93. The molecule has 1 aliphatic rings. The van der Waals surface area contributed by atoms with Crippen LogP contribution in [0.3, 0.4) is 0 Å². The second kappa shape index (κ2) is 8.16. The van der Waals surface area contributed by atoms with Gasteiger partial charge in [0.05, 0.1) is 11.1 Å². The Bertz CT molecular complexity index is 820. The highest BCUT2D eigenvalue weighted by atomic mass is 16.4. The van der Waals surface area contributed by atoms with E-state index in [0.29, 0.717) is 24.6 Å². The molecule has 3 rings (SSSR count). The normalized spacial score (nSPS) is 17.0. The van der Waals surface area contributed by atoms with Crippen molar-refractivity contribution in [2.75, 3.05) is 18.4 Å². The van der Waals surface area contributed by atoms with Crippen molar-refractivity contribution < 1.29 is 14.7 Å². The zero-order valence-corrected chi connectivity index (χ0v) is 15.6. The van der Waals surface area contributed by atoms with E-state index in [2.05, 4.69) is 15.3 Å². The van der Waals surface area contributed by atoms with Crippen LogP contribution in [0.2, 0.25) is 0 Å². The third-order valence-corrected chi connectivity index (χ3v) is 4.63. The van der Waals surface area contributed by atoms with Crippen LogP contribution in [0, 0.1) is 0 Å². The minimum atomic E-state index is -0.937. The number of aromatic carboxylic acids is 1. The van der Waals surface area contributed by atoms with Crippen LogP contribution in [0.4, 0.5) is 5.95 Å². The summed E-state index contributed by atoms with van der Waals surface area (Å²) in [5.41, 5.74) is 1.70. The molecule has 7 nitrogen and oxygen atoms in total. The fourth-order valence-corrected chi connectivity index (χ4v) is 3.31. The lowest BCUT2D eigenvalue weighted by atomic mass is 9.89. The van der Waals surface area contributed by atoms with Gasteiger partial charge in [0.2, 0.25) is 5.95 Å². The fraction of sp³-hybridized carbons (Fsp3) is 0.400. The molecular formula is C20H24N4O3. The number of rotatable bonds is 5. The molecule has 1 amide bonds. The topological polar surface area (TPSA) is 95.4 Å². The van der Waals surface area contributed by atoms with Gasteiger partial charge in [-0.05, 0) is 44.4 Å². The number of benzene rings is 1. The molecule has 7 heteroatoms. The quantitative estimate of drug-likeness (QED) is 0.842. The predicted molar refractivity (Wildman–Crippen MR) is 102 cm³/mol. The molecule has 27 heavy (non-hydrogen) atoms. The van der Waals surface area contributed by atoms with Gasteiger partial charge in [-0.25, -0.2) is 14.8 Å². The summed E-state index contributed by atoms with van der Waals surface area (Å²) in [6.07, 6.45) is 4.91. The number of likely N-dealkylation sites (tertiary alicyclic amines) is 1. The fourth-order valence-electron chi connectivity index (χ4n) is 3.31. The predicted octanol–water partition coefficient (Wildman–Crippen LogP) is 3.01. The van der Waals surface area contributed by atoms with Crippen molar-refractivity contribution in [3.8, 4) is 0 Å². The van der Waals surface area contributed by atoms with Crippen molar-refractivity contribution in [3.05, 3.63) is 53.3 Å². The van der Waals surface area contributed by atoms with Crippen LogP contribution in [0.25, 0.3) is 0 Å². The second-order valence-corrected chi connectivity index (χ2v) is 7.12. The van der Waals surface area contributed by atoms with Gasteiger partial charge in [-0.15, -0.1) is 0 Å². The van der Waals surface area contributed by atoms with Crippen LogP contribution in [0.15, 0.2) is 36.7 Å². The smallest absolute Gasteiger partial charge is 0.335 e. The first-order chi connectivity index (χ1) is 12.9. The summed E-state index contributed by atoms with van der Waals surface area (Å²) in [5.74, 6) is -0.397. The van der Waals surface area contributed by atoms with Crippen LogP contribution in [-0.2, 0) is 0 Å². The van der Waals surface area contributed by atoms with Crippen LogP contribution in [-0.4, -0.2) is 51.0 Å². The van der Waals surface area contributed by atoms with E-state index in [1.54, 1.807) is 35.5 Å². The molecule has 142 valence electrons. The van der Waals surface area contributed by atoms with Crippen molar-refractivity contribution in [1.82, 2.24) is 14.9 Å². The number of anilines is 1. The van der Waals surface area contributed by atoms with Gasteiger partial charge in [-0.3, -0.25) is 4.79 Å². The van der Waals surface area contributed by atoms with Crippen molar-refractivity contribution in [1.29, 1.82) is 0 Å². The Morgan fingerprint density at radius 2 is 1.96 bits per heavy atom. The summed E-state index contributed by atoms with van der Waals surface area (Å²) >= 11 is 0. The molecule has 0 saturated carbocycles. The average Bonchev–Trinajstić information content (AvgIpc) is 2.68. The summed E-state index contributed by atoms with van der Waals surface area (Å²) < 4.78 is 0. The van der Waals surface area contributed by atoms with Gasteiger partial charge >= 0.3 is 5.97 Å². The Morgan fingerprint density at radius 1 is 1.22 bits per heavy atom. The zero-order valence-electron chi connectivity index (χ0n) is 15.6. The molecule has 1 aromatic heterocycles. The van der Waals surface area contributed by atoms with Gasteiger partial charge in [0.25, 0.3) is 5.91 Å². The third-order valence-electron chi connectivity index (χ3n) is 4.63. The zero-order chi connectivity index (χ0) is 19.4. The molecule has 1 aromatic carbocycles. The van der Waals surface area contributed by atoms with E-state index in [0.717, 1.165) is 18.4 Å². The summed E-state index contributed by atoms with van der Waals surface area (Å²) in [4.78, 5) is 34.2. The molecule has 0 unspecified atom stereocenters. The number of carboxylic acid groups (broad SMARTS) is 1. The maximum Gasteiger partial charge on any atom is 0.335 e. The minimum Gasteiger partial charge on any atom is -0.478 e. The number of amides is 1. The summed E-state index contributed by atoms with van der Waals surface area (Å²) in [6, 6.07) is 7.20. The minimum absolute atomic E-state index is 0.0924. The number of aromatic nitrogens is 2. The van der Waals surface area contributed by atoms with E-state index in [9.17, 15) is 14.7 Å². The first-order valence-electron chi connectivity index (χ1n) is 9.15. The molecule has 1 fully saturated rings. The van der Waals surface area contributed by atoms with Gasteiger partial charge in [0.1, 0.15) is 0 Å². The van der Waals surface area contributed by atoms with E-state index in [1.165, 1.54) is 0 Å². The van der Waals surface area contributed by atoms with Gasteiger partial charge < -0.3 is 15.3 Å². The number of carboxylic acids is 1. The highest BCUT2D eigenvalue weighted by Gasteiger charge is 2.26. The number of hydrogen-bond acceptors (Lipinski definition) is 5. The van der Waals surface area contributed by atoms with Crippen molar-refractivity contribution in [2.24, 2.45) is 0 Å². The number of nitrogens with zero attached hydrogens (tertiary/aromatic N) is 3. The molecule has 1 atom stereocenters. The Balaban J connectivity index is 1.71. The Labute approximate surface area is 158 Å². The van der Waals surface area contributed by atoms with E-state index in [-0.39, 0.29) is 23.4 Å². The van der Waals surface area contributed by atoms with E-state index < -0.39 is 5.97 Å². The van der Waals surface area contributed by atoms with E-state index >= 15 is 0 Å². The number of carbonyl (C=O) groups excluding carboxylic acids is 1.